The van der Waals surface area contributed by atoms with Crippen molar-refractivity contribution in [2.75, 3.05) is 0 Å². The number of furan rings is 1. The normalized spacial score (nSPS) is 11.3. The minimum Gasteiger partial charge on any atom is -0.464 e. The third kappa shape index (κ3) is 5.43. The number of hydrogen-bond donors (Lipinski definition) is 1. The molecule has 0 atom stereocenters. The Balaban J connectivity index is 2.16. The van der Waals surface area contributed by atoms with Crippen LogP contribution in [0.25, 0.3) is 0 Å². The molecule has 2 amide bonds. The van der Waals surface area contributed by atoms with E-state index in [0.717, 1.165) is 11.3 Å². The summed E-state index contributed by atoms with van der Waals surface area (Å²) in [4.78, 5) is 14.2. The van der Waals surface area contributed by atoms with Gasteiger partial charge in [0.05, 0.1) is 6.54 Å². The summed E-state index contributed by atoms with van der Waals surface area (Å²) in [5.74, 6) is 1.23. The summed E-state index contributed by atoms with van der Waals surface area (Å²) in [7, 11) is 0. The first-order valence-electron chi connectivity index (χ1n) is 7.60. The van der Waals surface area contributed by atoms with Crippen molar-refractivity contribution in [2.45, 2.75) is 46.3 Å². The van der Waals surface area contributed by atoms with E-state index < -0.39 is 0 Å². The van der Waals surface area contributed by atoms with Crippen molar-refractivity contribution in [3.05, 3.63) is 59.3 Å². The number of rotatable bonds is 4. The minimum absolute atomic E-state index is 0.184. The van der Waals surface area contributed by atoms with Crippen molar-refractivity contribution >= 4 is 6.03 Å². The minimum atomic E-state index is -0.336. The molecule has 0 radical (unpaired) electrons. The Hall–Kier alpha value is -2.30. The summed E-state index contributed by atoms with van der Waals surface area (Å²) in [5, 5.41) is 2.95. The molecule has 1 aromatic carbocycles. The Kier molecular flexibility index (Phi) is 5.08. The lowest BCUT2D eigenvalue weighted by atomic mass is 10.1. The van der Waals surface area contributed by atoms with Crippen LogP contribution in [0.5, 0.6) is 0 Å². The number of aryl methyl sites for hydroxylation is 1. The maximum absolute atomic E-state index is 13.0. The molecule has 0 bridgehead atoms. The van der Waals surface area contributed by atoms with Gasteiger partial charge in [0.25, 0.3) is 0 Å². The molecule has 0 saturated heterocycles. The van der Waals surface area contributed by atoms with Crippen LogP contribution in [0.1, 0.15) is 37.9 Å². The van der Waals surface area contributed by atoms with Gasteiger partial charge in [-0.15, -0.1) is 0 Å². The predicted molar refractivity (Wildman–Crippen MR) is 87.4 cm³/mol. The molecule has 4 nitrogen and oxygen atoms in total. The smallest absolute Gasteiger partial charge is 0.318 e. The van der Waals surface area contributed by atoms with Gasteiger partial charge in [-0.1, -0.05) is 12.1 Å². The van der Waals surface area contributed by atoms with Crippen molar-refractivity contribution in [2.24, 2.45) is 0 Å². The highest BCUT2D eigenvalue weighted by atomic mass is 19.1. The second kappa shape index (κ2) is 6.86. The monoisotopic (exact) mass is 318 g/mol. The molecule has 23 heavy (non-hydrogen) atoms. The zero-order valence-electron chi connectivity index (χ0n) is 14.0. The van der Waals surface area contributed by atoms with E-state index in [2.05, 4.69) is 5.32 Å². The van der Waals surface area contributed by atoms with Crippen LogP contribution in [0, 0.1) is 12.7 Å². The molecule has 5 heteroatoms. The molecule has 0 unspecified atom stereocenters. The summed E-state index contributed by atoms with van der Waals surface area (Å²) in [6, 6.07) is 9.69. The third-order valence-corrected chi connectivity index (χ3v) is 3.20. The fourth-order valence-electron chi connectivity index (χ4n) is 2.17. The van der Waals surface area contributed by atoms with Gasteiger partial charge < -0.3 is 14.6 Å². The predicted octanol–water partition coefficient (Wildman–Crippen LogP) is 4.24. The lowest BCUT2D eigenvalue weighted by molar-refractivity contribution is 0.178. The quantitative estimate of drug-likeness (QED) is 0.916. The standard InChI is InChI=1S/C18H23FN2O2/c1-13-5-10-16(23-13)12-21(17(22)20-18(2,3)4)11-14-6-8-15(19)9-7-14/h5-10H,11-12H2,1-4H3,(H,20,22). The summed E-state index contributed by atoms with van der Waals surface area (Å²) in [6.45, 7) is 8.38. The summed E-state index contributed by atoms with van der Waals surface area (Å²) < 4.78 is 18.6. The van der Waals surface area contributed by atoms with E-state index in [-0.39, 0.29) is 17.4 Å². The van der Waals surface area contributed by atoms with Crippen molar-refractivity contribution in [1.82, 2.24) is 10.2 Å². The summed E-state index contributed by atoms with van der Waals surface area (Å²) in [5.41, 5.74) is 0.524. The fraction of sp³-hybridized carbons (Fsp3) is 0.389. The Bertz CT molecular complexity index is 656. The molecule has 0 spiro atoms. The van der Waals surface area contributed by atoms with Gasteiger partial charge in [-0.3, -0.25) is 0 Å². The molecule has 0 saturated carbocycles. The lowest BCUT2D eigenvalue weighted by Crippen LogP contribution is -2.47. The highest BCUT2D eigenvalue weighted by molar-refractivity contribution is 5.74. The molecule has 1 heterocycles. The zero-order valence-corrected chi connectivity index (χ0v) is 14.0. The van der Waals surface area contributed by atoms with Crippen LogP contribution in [0.2, 0.25) is 0 Å². The Morgan fingerprint density at radius 2 is 1.78 bits per heavy atom. The number of amides is 2. The van der Waals surface area contributed by atoms with Gasteiger partial charge in [-0.25, -0.2) is 9.18 Å². The average Bonchev–Trinajstić information content (AvgIpc) is 2.84. The van der Waals surface area contributed by atoms with Gasteiger partial charge in [0.15, 0.2) is 0 Å². The topological polar surface area (TPSA) is 45.5 Å². The first kappa shape index (κ1) is 17.1. The molecule has 2 aromatic rings. The van der Waals surface area contributed by atoms with Crippen LogP contribution >= 0.6 is 0 Å². The van der Waals surface area contributed by atoms with Crippen LogP contribution in [0.15, 0.2) is 40.8 Å². The van der Waals surface area contributed by atoms with E-state index in [0.29, 0.717) is 18.8 Å². The Morgan fingerprint density at radius 3 is 2.30 bits per heavy atom. The number of halogens is 1. The third-order valence-electron chi connectivity index (χ3n) is 3.20. The van der Waals surface area contributed by atoms with E-state index in [1.807, 2.05) is 39.8 Å². The first-order valence-corrected chi connectivity index (χ1v) is 7.60. The molecule has 1 aromatic heterocycles. The number of nitrogens with one attached hydrogen (secondary N) is 1. The lowest BCUT2D eigenvalue weighted by Gasteiger charge is -2.28. The first-order chi connectivity index (χ1) is 10.7. The number of carbonyl (C=O) groups excluding carboxylic acids is 1. The molecule has 1 N–H and O–H groups in total. The number of benzene rings is 1. The average molecular weight is 318 g/mol. The maximum atomic E-state index is 13.0. The van der Waals surface area contributed by atoms with E-state index in [1.54, 1.807) is 17.0 Å². The maximum Gasteiger partial charge on any atom is 0.318 e. The molecular weight excluding hydrogens is 295 g/mol. The van der Waals surface area contributed by atoms with Gasteiger partial charge in [-0.2, -0.15) is 0 Å². The number of nitrogens with zero attached hydrogens (tertiary/aromatic N) is 1. The SMILES string of the molecule is Cc1ccc(CN(Cc2ccc(F)cc2)C(=O)NC(C)(C)C)o1. The number of hydrogen-bond acceptors (Lipinski definition) is 2. The van der Waals surface area contributed by atoms with E-state index in [4.69, 9.17) is 4.42 Å². The highest BCUT2D eigenvalue weighted by Crippen LogP contribution is 2.14. The second-order valence-electron chi connectivity index (χ2n) is 6.68. The van der Waals surface area contributed by atoms with Crippen molar-refractivity contribution in [1.29, 1.82) is 0 Å². The molecule has 124 valence electrons. The van der Waals surface area contributed by atoms with Crippen LogP contribution < -0.4 is 5.32 Å². The molecular formula is C18H23FN2O2. The Labute approximate surface area is 136 Å². The number of urea groups is 1. The highest BCUT2D eigenvalue weighted by Gasteiger charge is 2.21. The molecule has 0 fully saturated rings. The van der Waals surface area contributed by atoms with E-state index >= 15 is 0 Å². The Morgan fingerprint density at radius 1 is 1.13 bits per heavy atom. The van der Waals surface area contributed by atoms with Gasteiger partial charge in [-0.05, 0) is 57.5 Å². The van der Waals surface area contributed by atoms with Crippen LogP contribution in [0.3, 0.4) is 0 Å². The van der Waals surface area contributed by atoms with Gasteiger partial charge in [0, 0.05) is 12.1 Å². The molecule has 2 rings (SSSR count). The fourth-order valence-corrected chi connectivity index (χ4v) is 2.17. The second-order valence-corrected chi connectivity index (χ2v) is 6.68. The number of carbonyl (C=O) groups is 1. The summed E-state index contributed by atoms with van der Waals surface area (Å²) >= 11 is 0. The van der Waals surface area contributed by atoms with E-state index in [9.17, 15) is 9.18 Å². The van der Waals surface area contributed by atoms with Crippen LogP contribution in [-0.4, -0.2) is 16.5 Å². The van der Waals surface area contributed by atoms with Crippen LogP contribution in [-0.2, 0) is 13.1 Å². The van der Waals surface area contributed by atoms with E-state index in [1.165, 1.54) is 12.1 Å². The molecule has 0 aliphatic carbocycles. The van der Waals surface area contributed by atoms with Gasteiger partial charge >= 0.3 is 6.03 Å². The van der Waals surface area contributed by atoms with Crippen molar-refractivity contribution in [3.63, 3.8) is 0 Å². The van der Waals surface area contributed by atoms with Crippen molar-refractivity contribution < 1.29 is 13.6 Å². The van der Waals surface area contributed by atoms with Gasteiger partial charge in [0.1, 0.15) is 17.3 Å². The zero-order chi connectivity index (χ0) is 17.0. The largest absolute Gasteiger partial charge is 0.464 e. The molecule has 0 aliphatic rings. The van der Waals surface area contributed by atoms with Crippen molar-refractivity contribution in [3.8, 4) is 0 Å². The summed E-state index contributed by atoms with van der Waals surface area (Å²) in [6.07, 6.45) is 0. The molecule has 0 aliphatic heterocycles. The van der Waals surface area contributed by atoms with Gasteiger partial charge in [0.2, 0.25) is 0 Å². The van der Waals surface area contributed by atoms with Crippen LogP contribution in [0.4, 0.5) is 9.18 Å².